The van der Waals surface area contributed by atoms with Crippen LogP contribution in [0.3, 0.4) is 0 Å². The molecule has 3 aromatic rings. The van der Waals surface area contributed by atoms with Gasteiger partial charge in [-0.15, -0.1) is 0 Å². The zero-order valence-corrected chi connectivity index (χ0v) is 26.7. The number of hydrogen-bond donors (Lipinski definition) is 1. The Labute approximate surface area is 267 Å². The number of fused-ring (bicyclic) bond motifs is 1. The topological polar surface area (TPSA) is 108 Å². The van der Waals surface area contributed by atoms with Crippen LogP contribution < -0.4 is 14.9 Å². The molecule has 0 bridgehead atoms. The molecule has 5 rings (SSSR count). The van der Waals surface area contributed by atoms with Crippen molar-refractivity contribution >= 4 is 17.5 Å². The van der Waals surface area contributed by atoms with Crippen molar-refractivity contribution in [2.75, 3.05) is 52.1 Å². The molecular formula is C35H45N3O7. The van der Waals surface area contributed by atoms with Gasteiger partial charge >= 0.3 is 0 Å². The SMILES string of the molecule is C#COOc1ccccc1C.C=C=O.CC1CCc2ccccc2NC1=O.CCOCOc1cccnc1.CN1CCOCC1. The molecule has 10 heteroatoms. The number of anilines is 1. The van der Waals surface area contributed by atoms with Gasteiger partial charge in [0.1, 0.15) is 11.7 Å². The van der Waals surface area contributed by atoms with Gasteiger partial charge in [0.25, 0.3) is 0 Å². The van der Waals surface area contributed by atoms with Crippen molar-refractivity contribution in [2.24, 2.45) is 5.92 Å². The Hall–Kier alpha value is -4.65. The molecule has 242 valence electrons. The molecule has 2 aromatic carbocycles. The van der Waals surface area contributed by atoms with Crippen molar-refractivity contribution in [3.63, 3.8) is 0 Å². The number of aromatic nitrogens is 1. The number of nitrogens with zero attached hydrogens (tertiary/aromatic N) is 2. The van der Waals surface area contributed by atoms with Crippen LogP contribution in [0.4, 0.5) is 5.69 Å². The van der Waals surface area contributed by atoms with E-state index in [-0.39, 0.29) is 11.8 Å². The molecule has 0 spiro atoms. The van der Waals surface area contributed by atoms with Crippen LogP contribution in [0, 0.1) is 25.4 Å². The van der Waals surface area contributed by atoms with E-state index in [1.165, 1.54) is 11.5 Å². The second-order valence-corrected chi connectivity index (χ2v) is 9.64. The molecule has 2 aliphatic rings. The molecule has 0 saturated carbocycles. The number of para-hydroxylation sites is 2. The first-order valence-electron chi connectivity index (χ1n) is 14.6. The highest BCUT2D eigenvalue weighted by molar-refractivity contribution is 5.93. The van der Waals surface area contributed by atoms with Crippen molar-refractivity contribution in [3.8, 4) is 24.0 Å². The number of pyridine rings is 1. The Balaban J connectivity index is 0.000000296. The zero-order valence-electron chi connectivity index (χ0n) is 26.7. The third kappa shape index (κ3) is 17.9. The molecule has 1 saturated heterocycles. The van der Waals surface area contributed by atoms with Crippen LogP contribution in [0.1, 0.15) is 31.4 Å². The number of amides is 1. The fraction of sp³-hybridized carbons (Fsp3) is 0.371. The molecule has 10 nitrogen and oxygen atoms in total. The summed E-state index contributed by atoms with van der Waals surface area (Å²) in [6.45, 7) is 13.5. The van der Waals surface area contributed by atoms with Gasteiger partial charge in [-0.3, -0.25) is 14.7 Å². The molecule has 2 aliphatic heterocycles. The number of ether oxygens (including phenoxy) is 3. The van der Waals surface area contributed by atoms with E-state index in [1.807, 2.05) is 75.4 Å². The lowest BCUT2D eigenvalue weighted by molar-refractivity contribution is -0.134. The minimum absolute atomic E-state index is 0.132. The summed E-state index contributed by atoms with van der Waals surface area (Å²) in [6, 6.07) is 19.1. The van der Waals surface area contributed by atoms with Crippen LogP contribution >= 0.6 is 0 Å². The number of carbonyl (C=O) groups is 1. The normalized spacial score (nSPS) is 14.7. The van der Waals surface area contributed by atoms with Gasteiger partial charge in [-0.1, -0.05) is 49.7 Å². The average molecular weight is 620 g/mol. The Morgan fingerprint density at radius 3 is 2.40 bits per heavy atom. The van der Waals surface area contributed by atoms with Crippen molar-refractivity contribution in [1.29, 1.82) is 0 Å². The first kappa shape index (κ1) is 38.4. The maximum absolute atomic E-state index is 11.5. The third-order valence-corrected chi connectivity index (χ3v) is 6.22. The molecule has 0 radical (unpaired) electrons. The summed E-state index contributed by atoms with van der Waals surface area (Å²) < 4.78 is 15.2. The number of rotatable bonds is 6. The van der Waals surface area contributed by atoms with Gasteiger partial charge in [-0.2, -0.15) is 0 Å². The maximum Gasteiger partial charge on any atom is 0.227 e. The van der Waals surface area contributed by atoms with Gasteiger partial charge in [0.2, 0.25) is 5.91 Å². The third-order valence-electron chi connectivity index (χ3n) is 6.22. The van der Waals surface area contributed by atoms with Gasteiger partial charge in [0.15, 0.2) is 18.6 Å². The summed E-state index contributed by atoms with van der Waals surface area (Å²) in [5, 5.41) is 2.93. The number of terminal acetylenes is 1. The highest BCUT2D eigenvalue weighted by Gasteiger charge is 2.18. The minimum Gasteiger partial charge on any atom is -0.466 e. The number of aryl methyl sites for hydroxylation is 2. The smallest absolute Gasteiger partial charge is 0.227 e. The van der Waals surface area contributed by atoms with E-state index >= 15 is 0 Å². The van der Waals surface area contributed by atoms with E-state index in [1.54, 1.807) is 18.5 Å². The van der Waals surface area contributed by atoms with Gasteiger partial charge in [0.05, 0.1) is 19.4 Å². The fourth-order valence-corrected chi connectivity index (χ4v) is 3.62. The van der Waals surface area contributed by atoms with Gasteiger partial charge < -0.3 is 24.4 Å². The molecular weight excluding hydrogens is 574 g/mol. The number of nitrogens with one attached hydrogen (secondary N) is 1. The number of benzene rings is 2. The number of hydrogen-bond acceptors (Lipinski definition) is 9. The summed E-state index contributed by atoms with van der Waals surface area (Å²) in [6.07, 6.45) is 12.0. The van der Waals surface area contributed by atoms with Crippen LogP contribution in [-0.4, -0.2) is 68.5 Å². The first-order chi connectivity index (χ1) is 21.9. The molecule has 1 N–H and O–H groups in total. The van der Waals surface area contributed by atoms with Crippen molar-refractivity contribution < 1.29 is 33.6 Å². The predicted octanol–water partition coefficient (Wildman–Crippen LogP) is 5.51. The molecule has 1 fully saturated rings. The molecule has 1 unspecified atom stereocenters. The van der Waals surface area contributed by atoms with E-state index in [0.717, 1.165) is 56.1 Å². The van der Waals surface area contributed by atoms with Crippen LogP contribution in [0.15, 0.2) is 79.6 Å². The van der Waals surface area contributed by atoms with Crippen molar-refractivity contribution in [2.45, 2.75) is 33.6 Å². The minimum atomic E-state index is 0.132. The standard InChI is InChI=1S/C11H13NO.C9H8O2.C8H11NO2.C5H11NO.C2H2O/c1-8-6-7-9-4-2-3-5-10(9)12-11(8)13;1-3-10-11-9-7-5-4-6-8(9)2;1-2-10-7-11-8-4-3-5-9-6-8;1-6-2-4-7-5-3-6;1-2-3/h2-5,8H,6-7H2,1H3,(H,12,13);1,4-7H,2H3;3-6H,2,7H2,1H3;2-5H2,1H3;1H2. The highest BCUT2D eigenvalue weighted by Crippen LogP contribution is 2.23. The highest BCUT2D eigenvalue weighted by atomic mass is 17.2. The second kappa shape index (κ2) is 24.8. The lowest BCUT2D eigenvalue weighted by atomic mass is 10.0. The Morgan fingerprint density at radius 1 is 1.11 bits per heavy atom. The molecule has 0 aliphatic carbocycles. The van der Waals surface area contributed by atoms with Crippen LogP contribution in [-0.2, 0) is 30.4 Å². The van der Waals surface area contributed by atoms with Crippen molar-refractivity contribution in [3.05, 3.63) is 90.8 Å². The monoisotopic (exact) mass is 619 g/mol. The lowest BCUT2D eigenvalue weighted by Gasteiger charge is -2.21. The first-order valence-corrected chi connectivity index (χ1v) is 14.6. The maximum atomic E-state index is 11.5. The number of carbonyl (C=O) groups excluding carboxylic acids is 2. The van der Waals surface area contributed by atoms with E-state index < -0.39 is 0 Å². The van der Waals surface area contributed by atoms with Crippen molar-refractivity contribution in [1.82, 2.24) is 9.88 Å². The average Bonchev–Trinajstić information content (AvgIpc) is 3.20. The summed E-state index contributed by atoms with van der Waals surface area (Å²) in [5.41, 5.74) is 3.22. The van der Waals surface area contributed by atoms with E-state index in [0.29, 0.717) is 19.1 Å². The Bertz CT molecular complexity index is 1290. The largest absolute Gasteiger partial charge is 0.466 e. The Morgan fingerprint density at radius 2 is 1.80 bits per heavy atom. The van der Waals surface area contributed by atoms with Crippen LogP contribution in [0.25, 0.3) is 0 Å². The number of morpholine rings is 1. The zero-order chi connectivity index (χ0) is 33.1. The summed E-state index contributed by atoms with van der Waals surface area (Å²) in [7, 11) is 2.11. The van der Waals surface area contributed by atoms with Crippen LogP contribution in [0.5, 0.6) is 11.5 Å². The van der Waals surface area contributed by atoms with Gasteiger partial charge in [-0.25, -0.2) is 9.68 Å². The van der Waals surface area contributed by atoms with E-state index in [2.05, 4.69) is 39.8 Å². The summed E-state index contributed by atoms with van der Waals surface area (Å²) in [4.78, 5) is 35.3. The van der Waals surface area contributed by atoms with Crippen LogP contribution in [0.2, 0.25) is 0 Å². The lowest BCUT2D eigenvalue weighted by Crippen LogP contribution is -2.32. The molecule has 1 aromatic heterocycles. The summed E-state index contributed by atoms with van der Waals surface area (Å²) >= 11 is 0. The molecule has 3 heterocycles. The molecule has 1 amide bonds. The van der Waals surface area contributed by atoms with Gasteiger partial charge in [0, 0.05) is 37.5 Å². The summed E-state index contributed by atoms with van der Waals surface area (Å²) in [5.74, 6) is 2.91. The number of likely N-dealkylation sites (N-methyl/N-ethyl adjacent to an activating group) is 1. The van der Waals surface area contributed by atoms with Gasteiger partial charge in [-0.05, 0) is 75.7 Å². The fourth-order valence-electron chi connectivity index (χ4n) is 3.62. The predicted molar refractivity (Wildman–Crippen MR) is 175 cm³/mol. The van der Waals surface area contributed by atoms with E-state index in [4.69, 9.17) is 30.3 Å². The Kier molecular flexibility index (Phi) is 21.1. The molecule has 1 atom stereocenters. The quantitative estimate of drug-likeness (QED) is 0.0954. The van der Waals surface area contributed by atoms with E-state index in [9.17, 15) is 4.79 Å². The molecule has 45 heavy (non-hydrogen) atoms. The second-order valence-electron chi connectivity index (χ2n) is 9.64.